The molecule has 0 saturated heterocycles. The van der Waals surface area contributed by atoms with Crippen molar-refractivity contribution in [3.63, 3.8) is 0 Å². The Morgan fingerprint density at radius 3 is 2.56 bits per heavy atom. The minimum Gasteiger partial charge on any atom is -0.481 e. The van der Waals surface area contributed by atoms with Crippen molar-refractivity contribution >= 4 is 26.8 Å². The van der Waals surface area contributed by atoms with Crippen molar-refractivity contribution in [1.29, 1.82) is 0 Å². The first-order chi connectivity index (χ1) is 13.0. The normalized spacial score (nSPS) is 13.2. The summed E-state index contributed by atoms with van der Waals surface area (Å²) < 4.78 is 6.75. The number of allylic oxidation sites excluding steroid dienone is 1. The SMILES string of the molecule is COc1nc2ccc(Br)cc2cc1C(/C(C)=C/CN(C)C)c1ccccc1. The van der Waals surface area contributed by atoms with Crippen LogP contribution in [0.1, 0.15) is 24.0 Å². The first-order valence-electron chi connectivity index (χ1n) is 9.00. The van der Waals surface area contributed by atoms with Gasteiger partial charge in [0, 0.05) is 27.9 Å². The van der Waals surface area contributed by atoms with Gasteiger partial charge in [-0.15, -0.1) is 0 Å². The average Bonchev–Trinajstić information content (AvgIpc) is 2.66. The maximum Gasteiger partial charge on any atom is 0.217 e. The number of aromatic nitrogens is 1. The second-order valence-corrected chi connectivity index (χ2v) is 7.89. The third-order valence-corrected chi connectivity index (χ3v) is 5.13. The van der Waals surface area contributed by atoms with Gasteiger partial charge >= 0.3 is 0 Å². The van der Waals surface area contributed by atoms with Crippen molar-refractivity contribution in [3.8, 4) is 5.88 Å². The molecule has 0 fully saturated rings. The second kappa shape index (κ2) is 8.68. The lowest BCUT2D eigenvalue weighted by Crippen LogP contribution is -2.13. The van der Waals surface area contributed by atoms with Gasteiger partial charge in [-0.2, -0.15) is 0 Å². The predicted octanol–water partition coefficient (Wildman–Crippen LogP) is 5.65. The molecular weight excluding hydrogens is 400 g/mol. The molecular formula is C23H25BrN2O. The summed E-state index contributed by atoms with van der Waals surface area (Å²) >= 11 is 3.57. The second-order valence-electron chi connectivity index (χ2n) is 6.98. The molecule has 1 aromatic heterocycles. The van der Waals surface area contributed by atoms with Crippen LogP contribution < -0.4 is 4.74 Å². The number of likely N-dealkylation sites (N-methyl/N-ethyl adjacent to an activating group) is 1. The Bertz CT molecular complexity index is 951. The lowest BCUT2D eigenvalue weighted by molar-refractivity contribution is 0.393. The lowest BCUT2D eigenvalue weighted by Gasteiger charge is -2.22. The number of fused-ring (bicyclic) bond motifs is 1. The first-order valence-corrected chi connectivity index (χ1v) is 9.79. The first kappa shape index (κ1) is 19.6. The number of rotatable bonds is 6. The van der Waals surface area contributed by atoms with E-state index in [2.05, 4.69) is 84.3 Å². The number of ether oxygens (including phenoxy) is 1. The van der Waals surface area contributed by atoms with E-state index in [1.807, 2.05) is 18.2 Å². The smallest absolute Gasteiger partial charge is 0.217 e. The highest BCUT2D eigenvalue weighted by Crippen LogP contribution is 2.38. The van der Waals surface area contributed by atoms with Crippen LogP contribution in [0.15, 0.2) is 70.7 Å². The third kappa shape index (κ3) is 4.57. The Morgan fingerprint density at radius 2 is 1.89 bits per heavy atom. The Labute approximate surface area is 169 Å². The van der Waals surface area contributed by atoms with Gasteiger partial charge in [0.15, 0.2) is 0 Å². The lowest BCUT2D eigenvalue weighted by atomic mass is 9.85. The van der Waals surface area contributed by atoms with Crippen LogP contribution in [-0.2, 0) is 0 Å². The molecule has 1 unspecified atom stereocenters. The predicted molar refractivity (Wildman–Crippen MR) is 117 cm³/mol. The number of benzene rings is 2. The molecule has 0 spiro atoms. The third-order valence-electron chi connectivity index (χ3n) is 4.64. The van der Waals surface area contributed by atoms with Gasteiger partial charge in [0.05, 0.1) is 12.6 Å². The van der Waals surface area contributed by atoms with Crippen molar-refractivity contribution in [2.24, 2.45) is 0 Å². The molecule has 0 radical (unpaired) electrons. The Morgan fingerprint density at radius 1 is 1.15 bits per heavy atom. The van der Waals surface area contributed by atoms with Gasteiger partial charge in [-0.1, -0.05) is 57.9 Å². The highest BCUT2D eigenvalue weighted by atomic mass is 79.9. The number of hydrogen-bond acceptors (Lipinski definition) is 3. The molecule has 0 aliphatic rings. The Balaban J connectivity index is 2.20. The fourth-order valence-corrected chi connectivity index (χ4v) is 3.67. The minimum absolute atomic E-state index is 0.0944. The summed E-state index contributed by atoms with van der Waals surface area (Å²) in [7, 11) is 5.85. The van der Waals surface area contributed by atoms with E-state index in [4.69, 9.17) is 9.72 Å². The molecule has 0 bridgehead atoms. The number of methoxy groups -OCH3 is 1. The molecule has 0 saturated carbocycles. The molecule has 0 amide bonds. The highest BCUT2D eigenvalue weighted by Gasteiger charge is 2.22. The van der Waals surface area contributed by atoms with Gasteiger partial charge in [0.2, 0.25) is 5.88 Å². The van der Waals surface area contributed by atoms with Crippen molar-refractivity contribution < 1.29 is 4.74 Å². The molecule has 3 rings (SSSR count). The summed E-state index contributed by atoms with van der Waals surface area (Å²) in [6, 6.07) is 18.9. The van der Waals surface area contributed by atoms with Gasteiger partial charge < -0.3 is 9.64 Å². The van der Waals surface area contributed by atoms with Gasteiger partial charge in [-0.3, -0.25) is 0 Å². The quantitative estimate of drug-likeness (QED) is 0.478. The average molecular weight is 425 g/mol. The van der Waals surface area contributed by atoms with Gasteiger partial charge in [0.25, 0.3) is 0 Å². The molecule has 4 heteroatoms. The van der Waals surface area contributed by atoms with E-state index in [9.17, 15) is 0 Å². The molecule has 3 aromatic rings. The number of hydrogen-bond donors (Lipinski definition) is 0. The summed E-state index contributed by atoms with van der Waals surface area (Å²) in [5, 5.41) is 1.10. The molecule has 27 heavy (non-hydrogen) atoms. The van der Waals surface area contributed by atoms with E-state index >= 15 is 0 Å². The number of pyridine rings is 1. The van der Waals surface area contributed by atoms with Gasteiger partial charge in [0.1, 0.15) is 0 Å². The zero-order chi connectivity index (χ0) is 19.4. The fourth-order valence-electron chi connectivity index (χ4n) is 3.29. The van der Waals surface area contributed by atoms with Crippen LogP contribution in [0.3, 0.4) is 0 Å². The van der Waals surface area contributed by atoms with E-state index in [1.54, 1.807) is 7.11 Å². The zero-order valence-corrected chi connectivity index (χ0v) is 17.8. The van der Waals surface area contributed by atoms with Gasteiger partial charge in [-0.25, -0.2) is 4.98 Å². The van der Waals surface area contributed by atoms with E-state index in [-0.39, 0.29) is 5.92 Å². The van der Waals surface area contributed by atoms with Crippen LogP contribution in [0, 0.1) is 0 Å². The van der Waals surface area contributed by atoms with Crippen LogP contribution in [0.25, 0.3) is 10.9 Å². The van der Waals surface area contributed by atoms with Crippen molar-refractivity contribution in [3.05, 3.63) is 81.8 Å². The van der Waals surface area contributed by atoms with Crippen LogP contribution in [-0.4, -0.2) is 37.6 Å². The molecule has 0 N–H and O–H groups in total. The Hall–Kier alpha value is -2.17. The summed E-state index contributed by atoms with van der Waals surface area (Å²) in [5.74, 6) is 0.772. The van der Waals surface area contributed by atoms with Crippen LogP contribution in [0.5, 0.6) is 5.88 Å². The molecule has 3 nitrogen and oxygen atoms in total. The van der Waals surface area contributed by atoms with Crippen LogP contribution in [0.2, 0.25) is 0 Å². The summed E-state index contributed by atoms with van der Waals surface area (Å²) in [6.45, 7) is 3.08. The molecule has 2 aromatic carbocycles. The maximum absolute atomic E-state index is 5.70. The molecule has 1 atom stereocenters. The monoisotopic (exact) mass is 424 g/mol. The molecule has 0 aliphatic carbocycles. The number of halogens is 1. The summed E-state index contributed by atoms with van der Waals surface area (Å²) in [4.78, 5) is 6.94. The highest BCUT2D eigenvalue weighted by molar-refractivity contribution is 9.10. The Kier molecular flexibility index (Phi) is 6.30. The zero-order valence-electron chi connectivity index (χ0n) is 16.2. The van der Waals surface area contributed by atoms with Crippen LogP contribution >= 0.6 is 15.9 Å². The van der Waals surface area contributed by atoms with Crippen molar-refractivity contribution in [2.45, 2.75) is 12.8 Å². The van der Waals surface area contributed by atoms with Crippen molar-refractivity contribution in [2.75, 3.05) is 27.7 Å². The number of nitrogens with zero attached hydrogens (tertiary/aromatic N) is 2. The van der Waals surface area contributed by atoms with Crippen LogP contribution in [0.4, 0.5) is 0 Å². The van der Waals surface area contributed by atoms with Crippen molar-refractivity contribution in [1.82, 2.24) is 9.88 Å². The minimum atomic E-state index is 0.0944. The summed E-state index contributed by atoms with van der Waals surface area (Å²) in [5.41, 5.74) is 4.53. The van der Waals surface area contributed by atoms with E-state index in [1.165, 1.54) is 11.1 Å². The maximum atomic E-state index is 5.70. The molecule has 140 valence electrons. The molecule has 1 heterocycles. The van der Waals surface area contributed by atoms with Gasteiger partial charge in [-0.05, 0) is 50.8 Å². The standard InChI is InChI=1S/C23H25BrN2O/c1-16(12-13-26(2)3)22(17-8-6-5-7-9-17)20-15-18-14-19(24)10-11-21(18)25-23(20)27-4/h5-12,14-15,22H,13H2,1-4H3/b16-12+. The molecule has 0 aliphatic heterocycles. The van der Waals surface area contributed by atoms with E-state index < -0.39 is 0 Å². The largest absolute Gasteiger partial charge is 0.481 e. The van der Waals surface area contributed by atoms with E-state index in [0.717, 1.165) is 27.5 Å². The topological polar surface area (TPSA) is 25.4 Å². The van der Waals surface area contributed by atoms with E-state index in [0.29, 0.717) is 5.88 Å². The summed E-state index contributed by atoms with van der Waals surface area (Å²) in [6.07, 6.45) is 2.28. The fraction of sp³-hybridized carbons (Fsp3) is 0.261.